The topological polar surface area (TPSA) is 12.4 Å². The predicted molar refractivity (Wildman–Crippen MR) is 75.2 cm³/mol. The van der Waals surface area contributed by atoms with Crippen molar-refractivity contribution in [2.45, 2.75) is 0 Å². The van der Waals surface area contributed by atoms with E-state index < -0.39 is 0 Å². The van der Waals surface area contributed by atoms with Gasteiger partial charge in [-0.25, -0.2) is 0 Å². The van der Waals surface area contributed by atoms with E-state index in [0.717, 1.165) is 11.3 Å². The third-order valence-electron chi connectivity index (χ3n) is 2.14. The summed E-state index contributed by atoms with van der Waals surface area (Å²) in [6.45, 7) is 0. The molecule has 0 aromatic heterocycles. The molecule has 0 unspecified atom stereocenters. The maximum atomic E-state index is 6.02. The van der Waals surface area contributed by atoms with Crippen LogP contribution in [-0.4, -0.2) is 6.21 Å². The fourth-order valence-electron chi connectivity index (χ4n) is 1.28. The van der Waals surface area contributed by atoms with Crippen molar-refractivity contribution in [3.8, 4) is 0 Å². The molecule has 0 aliphatic carbocycles. The predicted octanol–water partition coefficient (Wildman–Crippen LogP) is 5.40. The summed E-state index contributed by atoms with van der Waals surface area (Å²) >= 11 is 17.6. The van der Waals surface area contributed by atoms with Crippen LogP contribution in [-0.2, 0) is 0 Å². The van der Waals surface area contributed by atoms with E-state index in [2.05, 4.69) is 4.99 Å². The minimum absolute atomic E-state index is 0.579. The Kier molecular flexibility index (Phi) is 4.06. The van der Waals surface area contributed by atoms with Gasteiger partial charge in [-0.15, -0.1) is 0 Å². The molecule has 1 nitrogen and oxygen atoms in total. The Labute approximate surface area is 115 Å². The van der Waals surface area contributed by atoms with Crippen molar-refractivity contribution >= 4 is 46.7 Å². The number of nitrogens with zero attached hydrogens (tertiary/aromatic N) is 1. The van der Waals surface area contributed by atoms with Crippen LogP contribution in [0.3, 0.4) is 0 Å². The maximum Gasteiger partial charge on any atom is 0.0630 e. The van der Waals surface area contributed by atoms with E-state index in [1.807, 2.05) is 18.2 Å². The third kappa shape index (κ3) is 3.47. The van der Waals surface area contributed by atoms with E-state index in [0.29, 0.717) is 15.1 Å². The third-order valence-corrected chi connectivity index (χ3v) is 2.96. The summed E-state index contributed by atoms with van der Waals surface area (Å²) < 4.78 is 0. The highest BCUT2D eigenvalue weighted by molar-refractivity contribution is 6.36. The number of benzene rings is 2. The van der Waals surface area contributed by atoms with Crippen LogP contribution in [0.5, 0.6) is 0 Å². The van der Waals surface area contributed by atoms with Crippen LogP contribution in [0.15, 0.2) is 47.5 Å². The largest absolute Gasteiger partial charge is 0.256 e. The molecule has 0 saturated carbocycles. The van der Waals surface area contributed by atoms with E-state index in [4.69, 9.17) is 34.8 Å². The highest BCUT2D eigenvalue weighted by Crippen LogP contribution is 2.21. The molecule has 2 aromatic carbocycles. The first-order valence-electron chi connectivity index (χ1n) is 4.90. The van der Waals surface area contributed by atoms with Gasteiger partial charge in [-0.2, -0.15) is 0 Å². The molecule has 0 aliphatic heterocycles. The Bertz CT molecular complexity index is 547. The molecule has 17 heavy (non-hydrogen) atoms. The molecule has 4 heteroatoms. The number of halogens is 3. The minimum Gasteiger partial charge on any atom is -0.256 e. The number of hydrogen-bond donors (Lipinski definition) is 0. The van der Waals surface area contributed by atoms with Gasteiger partial charge in [0.1, 0.15) is 0 Å². The highest BCUT2D eigenvalue weighted by atomic mass is 35.5. The van der Waals surface area contributed by atoms with E-state index in [9.17, 15) is 0 Å². The molecule has 0 amide bonds. The average molecular weight is 285 g/mol. The molecule has 0 radical (unpaired) electrons. The molecule has 2 rings (SSSR count). The van der Waals surface area contributed by atoms with Gasteiger partial charge in [-0.05, 0) is 36.4 Å². The summed E-state index contributed by atoms with van der Waals surface area (Å²) in [6, 6.07) is 12.5. The van der Waals surface area contributed by atoms with Gasteiger partial charge in [-0.1, -0.05) is 40.9 Å². The van der Waals surface area contributed by atoms with E-state index in [1.54, 1.807) is 30.5 Å². The van der Waals surface area contributed by atoms with Crippen molar-refractivity contribution in [3.63, 3.8) is 0 Å². The van der Waals surface area contributed by atoms with Gasteiger partial charge >= 0.3 is 0 Å². The monoisotopic (exact) mass is 283 g/mol. The molecular formula is C13H8Cl3N. The highest BCUT2D eigenvalue weighted by Gasteiger charge is 1.98. The molecule has 0 spiro atoms. The van der Waals surface area contributed by atoms with Crippen LogP contribution < -0.4 is 0 Å². The molecule has 0 heterocycles. The Morgan fingerprint density at radius 2 is 1.47 bits per heavy atom. The van der Waals surface area contributed by atoms with Crippen molar-refractivity contribution in [1.82, 2.24) is 0 Å². The Balaban J connectivity index is 2.23. The lowest BCUT2D eigenvalue weighted by molar-refractivity contribution is 1.52. The summed E-state index contributed by atoms with van der Waals surface area (Å²) in [6.07, 6.45) is 1.70. The van der Waals surface area contributed by atoms with Crippen LogP contribution in [0.25, 0.3) is 0 Å². The van der Waals surface area contributed by atoms with Gasteiger partial charge in [0, 0.05) is 21.8 Å². The van der Waals surface area contributed by atoms with Crippen molar-refractivity contribution in [2.24, 2.45) is 4.99 Å². The second-order valence-electron chi connectivity index (χ2n) is 3.40. The van der Waals surface area contributed by atoms with Crippen molar-refractivity contribution in [1.29, 1.82) is 0 Å². The van der Waals surface area contributed by atoms with Gasteiger partial charge in [0.15, 0.2) is 0 Å². The molecule has 0 N–H and O–H groups in total. The molecule has 86 valence electrons. The Hall–Kier alpha value is -1.02. The average Bonchev–Trinajstić information content (AvgIpc) is 2.30. The quantitative estimate of drug-likeness (QED) is 0.655. The second-order valence-corrected chi connectivity index (χ2v) is 4.68. The van der Waals surface area contributed by atoms with Crippen LogP contribution in [0.4, 0.5) is 5.69 Å². The summed E-state index contributed by atoms with van der Waals surface area (Å²) in [5, 5.41) is 1.88. The fourth-order valence-corrected chi connectivity index (χ4v) is 1.86. The molecular weight excluding hydrogens is 277 g/mol. The second kappa shape index (κ2) is 5.54. The first-order valence-corrected chi connectivity index (χ1v) is 6.03. The normalized spacial score (nSPS) is 11.0. The summed E-state index contributed by atoms with van der Waals surface area (Å²) in [7, 11) is 0. The summed E-state index contributed by atoms with van der Waals surface area (Å²) in [5.74, 6) is 0. The standard InChI is InChI=1S/C13H8Cl3N/c14-10-3-5-12(6-4-10)17-8-9-1-2-11(15)7-13(9)16/h1-8H. The van der Waals surface area contributed by atoms with Crippen LogP contribution in [0, 0.1) is 0 Å². The minimum atomic E-state index is 0.579. The lowest BCUT2D eigenvalue weighted by atomic mass is 10.2. The number of hydrogen-bond acceptors (Lipinski definition) is 1. The summed E-state index contributed by atoms with van der Waals surface area (Å²) in [4.78, 5) is 4.30. The molecule has 0 aliphatic rings. The van der Waals surface area contributed by atoms with Crippen molar-refractivity contribution in [3.05, 3.63) is 63.1 Å². The van der Waals surface area contributed by atoms with Crippen LogP contribution >= 0.6 is 34.8 Å². The molecule has 0 fully saturated rings. The Morgan fingerprint density at radius 1 is 0.824 bits per heavy atom. The van der Waals surface area contributed by atoms with Crippen molar-refractivity contribution in [2.75, 3.05) is 0 Å². The van der Waals surface area contributed by atoms with E-state index in [-0.39, 0.29) is 0 Å². The smallest absolute Gasteiger partial charge is 0.0630 e. The summed E-state index contributed by atoms with van der Waals surface area (Å²) in [5.41, 5.74) is 1.64. The number of aliphatic imine (C=N–C) groups is 1. The van der Waals surface area contributed by atoms with Crippen molar-refractivity contribution < 1.29 is 0 Å². The van der Waals surface area contributed by atoms with E-state index >= 15 is 0 Å². The molecule has 2 aromatic rings. The first-order chi connectivity index (χ1) is 8.15. The van der Waals surface area contributed by atoms with Gasteiger partial charge in [0.05, 0.1) is 10.7 Å². The van der Waals surface area contributed by atoms with E-state index in [1.165, 1.54) is 0 Å². The molecule has 0 atom stereocenters. The zero-order chi connectivity index (χ0) is 12.3. The molecule has 0 bridgehead atoms. The van der Waals surface area contributed by atoms with Gasteiger partial charge in [0.2, 0.25) is 0 Å². The lowest BCUT2D eigenvalue weighted by Crippen LogP contribution is -1.82. The lowest BCUT2D eigenvalue weighted by Gasteiger charge is -1.98. The Morgan fingerprint density at radius 3 is 2.12 bits per heavy atom. The zero-order valence-electron chi connectivity index (χ0n) is 8.70. The zero-order valence-corrected chi connectivity index (χ0v) is 11.0. The van der Waals surface area contributed by atoms with Crippen LogP contribution in [0.2, 0.25) is 15.1 Å². The molecule has 0 saturated heterocycles. The van der Waals surface area contributed by atoms with Gasteiger partial charge < -0.3 is 0 Å². The maximum absolute atomic E-state index is 6.02. The van der Waals surface area contributed by atoms with Gasteiger partial charge in [-0.3, -0.25) is 4.99 Å². The van der Waals surface area contributed by atoms with Crippen LogP contribution in [0.1, 0.15) is 5.56 Å². The first kappa shape index (κ1) is 12.4. The fraction of sp³-hybridized carbons (Fsp3) is 0. The SMILES string of the molecule is Clc1ccc(N=Cc2ccc(Cl)cc2Cl)cc1. The number of rotatable bonds is 2. The van der Waals surface area contributed by atoms with Gasteiger partial charge in [0.25, 0.3) is 0 Å².